The number of alkyl halides is 3. The summed E-state index contributed by atoms with van der Waals surface area (Å²) >= 11 is 6.20. The van der Waals surface area contributed by atoms with Crippen LogP contribution in [0.5, 0.6) is 5.75 Å². The number of hydrogen-bond donors (Lipinski definition) is 1. The summed E-state index contributed by atoms with van der Waals surface area (Å²) in [6, 6.07) is 13.0. The van der Waals surface area contributed by atoms with E-state index in [1.54, 1.807) is 30.7 Å². The minimum atomic E-state index is -4.81. The van der Waals surface area contributed by atoms with Crippen LogP contribution in [0.15, 0.2) is 48.5 Å². The third-order valence-corrected chi connectivity index (χ3v) is 4.89. The first kappa shape index (κ1) is 21.7. The summed E-state index contributed by atoms with van der Waals surface area (Å²) in [6.07, 6.45) is -4.81. The normalized spacial score (nSPS) is 11.4. The number of carbonyl (C=O) groups is 1. The Kier molecular flexibility index (Phi) is 6.36. The molecule has 0 aliphatic carbocycles. The first-order valence-electron chi connectivity index (χ1n) is 9.05. The summed E-state index contributed by atoms with van der Waals surface area (Å²) in [5, 5.41) is 7.65. The van der Waals surface area contributed by atoms with Crippen molar-refractivity contribution >= 4 is 17.5 Å². The van der Waals surface area contributed by atoms with Crippen molar-refractivity contribution < 1.29 is 22.7 Å². The predicted molar refractivity (Wildman–Crippen MR) is 107 cm³/mol. The van der Waals surface area contributed by atoms with Crippen molar-refractivity contribution in [3.05, 3.63) is 81.6 Å². The van der Waals surface area contributed by atoms with Gasteiger partial charge in [-0.1, -0.05) is 48.0 Å². The van der Waals surface area contributed by atoms with Crippen LogP contribution in [0.25, 0.3) is 0 Å². The maximum Gasteiger partial charge on any atom is 0.573 e. The number of nitrogens with one attached hydrogen (secondary N) is 1. The third-order valence-electron chi connectivity index (χ3n) is 4.52. The van der Waals surface area contributed by atoms with Gasteiger partial charge < -0.3 is 10.1 Å². The van der Waals surface area contributed by atoms with Gasteiger partial charge in [-0.2, -0.15) is 5.10 Å². The van der Waals surface area contributed by atoms with Gasteiger partial charge in [0.05, 0.1) is 17.8 Å². The molecule has 5 nitrogen and oxygen atoms in total. The van der Waals surface area contributed by atoms with E-state index in [2.05, 4.69) is 15.2 Å². The fourth-order valence-electron chi connectivity index (χ4n) is 3.11. The molecule has 0 fully saturated rings. The fourth-order valence-corrected chi connectivity index (χ4v) is 3.30. The second-order valence-corrected chi connectivity index (χ2v) is 7.04. The maximum atomic E-state index is 12.7. The summed E-state index contributed by atoms with van der Waals surface area (Å²) < 4.78 is 43.4. The third kappa shape index (κ3) is 5.13. The number of aromatic nitrogens is 2. The van der Waals surface area contributed by atoms with E-state index in [1.165, 1.54) is 18.2 Å². The lowest BCUT2D eigenvalue weighted by Gasteiger charge is -2.13. The number of aryl methyl sites for hydroxylation is 1. The molecule has 0 spiro atoms. The van der Waals surface area contributed by atoms with E-state index in [0.29, 0.717) is 28.5 Å². The minimum absolute atomic E-state index is 0.125. The van der Waals surface area contributed by atoms with E-state index < -0.39 is 12.3 Å². The quantitative estimate of drug-likeness (QED) is 0.588. The van der Waals surface area contributed by atoms with E-state index in [0.717, 1.165) is 5.56 Å². The fraction of sp³-hybridized carbons (Fsp3) is 0.238. The Morgan fingerprint density at radius 1 is 1.10 bits per heavy atom. The van der Waals surface area contributed by atoms with Crippen molar-refractivity contribution in [3.63, 3.8) is 0 Å². The van der Waals surface area contributed by atoms with Gasteiger partial charge in [0.2, 0.25) is 0 Å². The number of carbonyl (C=O) groups excluding carboxylic acids is 1. The molecule has 0 aliphatic heterocycles. The number of para-hydroxylation sites is 1. The van der Waals surface area contributed by atoms with Gasteiger partial charge in [0.25, 0.3) is 5.91 Å². The Morgan fingerprint density at radius 2 is 1.73 bits per heavy atom. The Bertz CT molecular complexity index is 1060. The zero-order chi connectivity index (χ0) is 21.9. The van der Waals surface area contributed by atoms with Crippen LogP contribution < -0.4 is 10.1 Å². The molecule has 0 saturated heterocycles. The van der Waals surface area contributed by atoms with E-state index in [9.17, 15) is 18.0 Å². The highest BCUT2D eigenvalue weighted by atomic mass is 35.5. The lowest BCUT2D eigenvalue weighted by atomic mass is 10.1. The highest BCUT2D eigenvalue weighted by Crippen LogP contribution is 2.26. The minimum Gasteiger partial charge on any atom is -0.405 e. The van der Waals surface area contributed by atoms with Crippen LogP contribution in [-0.2, 0) is 13.1 Å². The molecule has 0 unspecified atom stereocenters. The number of hydrogen-bond acceptors (Lipinski definition) is 3. The van der Waals surface area contributed by atoms with Crippen LogP contribution in [0.4, 0.5) is 13.2 Å². The highest BCUT2D eigenvalue weighted by Gasteiger charge is 2.32. The zero-order valence-electron chi connectivity index (χ0n) is 16.3. The molecule has 1 amide bonds. The van der Waals surface area contributed by atoms with Crippen LogP contribution in [0.1, 0.15) is 32.9 Å². The molecule has 3 aromatic rings. The van der Waals surface area contributed by atoms with E-state index in [-0.39, 0.29) is 17.9 Å². The standard InChI is InChI=1S/C21H19ClF3N3O2/c1-13-19(14(2)28(27-13)12-16-8-3-5-9-17(16)22)20(29)26-11-15-7-4-6-10-18(15)30-21(23,24)25/h3-10H,11-12H2,1-2H3,(H,26,29). The van der Waals surface area contributed by atoms with Crippen LogP contribution in [0.3, 0.4) is 0 Å². The molecule has 1 N–H and O–H groups in total. The molecule has 0 saturated carbocycles. The van der Waals surface area contributed by atoms with E-state index >= 15 is 0 Å². The van der Waals surface area contributed by atoms with E-state index in [4.69, 9.17) is 11.6 Å². The van der Waals surface area contributed by atoms with Gasteiger partial charge in [0.1, 0.15) is 5.75 Å². The molecule has 0 radical (unpaired) electrons. The van der Waals surface area contributed by atoms with Crippen molar-refractivity contribution in [2.24, 2.45) is 0 Å². The topological polar surface area (TPSA) is 56.2 Å². The maximum absolute atomic E-state index is 12.7. The molecule has 0 aliphatic rings. The van der Waals surface area contributed by atoms with Gasteiger partial charge >= 0.3 is 6.36 Å². The second-order valence-electron chi connectivity index (χ2n) is 6.63. The molecule has 158 valence electrons. The van der Waals surface area contributed by atoms with Gasteiger partial charge in [-0.05, 0) is 31.5 Å². The SMILES string of the molecule is Cc1nn(Cc2ccccc2Cl)c(C)c1C(=O)NCc1ccccc1OC(F)(F)F. The Hall–Kier alpha value is -3.00. The molecule has 9 heteroatoms. The molecule has 0 bridgehead atoms. The van der Waals surface area contributed by atoms with Crippen LogP contribution in [0.2, 0.25) is 5.02 Å². The molecule has 1 heterocycles. The van der Waals surface area contributed by atoms with Crippen molar-refractivity contribution in [2.75, 3.05) is 0 Å². The van der Waals surface area contributed by atoms with Crippen molar-refractivity contribution in [1.82, 2.24) is 15.1 Å². The van der Waals surface area contributed by atoms with Gasteiger partial charge in [0, 0.05) is 22.8 Å². The summed E-state index contributed by atoms with van der Waals surface area (Å²) in [6.45, 7) is 3.72. The Balaban J connectivity index is 1.76. The summed E-state index contributed by atoms with van der Waals surface area (Å²) in [7, 11) is 0. The monoisotopic (exact) mass is 437 g/mol. The second kappa shape index (κ2) is 8.79. The van der Waals surface area contributed by atoms with Crippen molar-refractivity contribution in [2.45, 2.75) is 33.3 Å². The number of nitrogens with zero attached hydrogens (tertiary/aromatic N) is 2. The van der Waals surface area contributed by atoms with Gasteiger partial charge in [-0.3, -0.25) is 9.48 Å². The average molecular weight is 438 g/mol. The Morgan fingerprint density at radius 3 is 2.40 bits per heavy atom. The summed E-state index contributed by atoms with van der Waals surface area (Å²) in [4.78, 5) is 12.7. The van der Waals surface area contributed by atoms with Crippen LogP contribution in [0, 0.1) is 13.8 Å². The van der Waals surface area contributed by atoms with Gasteiger partial charge in [-0.15, -0.1) is 13.2 Å². The van der Waals surface area contributed by atoms with Crippen molar-refractivity contribution in [3.8, 4) is 5.75 Å². The highest BCUT2D eigenvalue weighted by molar-refractivity contribution is 6.31. The zero-order valence-corrected chi connectivity index (χ0v) is 17.0. The predicted octanol–water partition coefficient (Wildman–Crippen LogP) is 5.03. The molecule has 0 atom stereocenters. The molecular weight excluding hydrogens is 419 g/mol. The molecular formula is C21H19ClF3N3O2. The van der Waals surface area contributed by atoms with Gasteiger partial charge in [-0.25, -0.2) is 0 Å². The first-order chi connectivity index (χ1) is 14.2. The lowest BCUT2D eigenvalue weighted by Crippen LogP contribution is -2.25. The van der Waals surface area contributed by atoms with Crippen LogP contribution in [-0.4, -0.2) is 22.1 Å². The largest absolute Gasteiger partial charge is 0.573 e. The lowest BCUT2D eigenvalue weighted by molar-refractivity contribution is -0.274. The van der Waals surface area contributed by atoms with Crippen LogP contribution >= 0.6 is 11.6 Å². The van der Waals surface area contributed by atoms with E-state index in [1.807, 2.05) is 18.2 Å². The smallest absolute Gasteiger partial charge is 0.405 e. The Labute approximate surface area is 176 Å². The summed E-state index contributed by atoms with van der Waals surface area (Å²) in [5.41, 5.74) is 2.58. The molecule has 3 rings (SSSR count). The molecule has 30 heavy (non-hydrogen) atoms. The number of amides is 1. The molecule has 2 aromatic carbocycles. The van der Waals surface area contributed by atoms with Crippen molar-refractivity contribution in [1.29, 1.82) is 0 Å². The summed E-state index contributed by atoms with van der Waals surface area (Å²) in [5.74, 6) is -0.787. The number of halogens is 4. The van der Waals surface area contributed by atoms with Gasteiger partial charge in [0.15, 0.2) is 0 Å². The molecule has 1 aromatic heterocycles. The first-order valence-corrected chi connectivity index (χ1v) is 9.43. The number of rotatable bonds is 6. The average Bonchev–Trinajstić information content (AvgIpc) is 2.95. The number of benzene rings is 2. The number of ether oxygens (including phenoxy) is 1.